The molecule has 0 radical (unpaired) electrons. The normalized spacial score (nSPS) is 13.7. The van der Waals surface area contributed by atoms with Crippen molar-refractivity contribution in [2.24, 2.45) is 5.73 Å². The first-order valence-electron chi connectivity index (χ1n) is 6.23. The van der Waals surface area contributed by atoms with Crippen molar-refractivity contribution in [2.75, 3.05) is 6.61 Å². The second-order valence-corrected chi connectivity index (χ2v) is 4.79. The molecule has 0 spiro atoms. The van der Waals surface area contributed by atoms with Gasteiger partial charge in [-0.05, 0) is 20.8 Å². The summed E-state index contributed by atoms with van der Waals surface area (Å²) in [5.74, 6) is 0.904. The molecule has 3 N–H and O–H groups in total. The van der Waals surface area contributed by atoms with Gasteiger partial charge in [-0.3, -0.25) is 0 Å². The summed E-state index contributed by atoms with van der Waals surface area (Å²) in [4.78, 5) is 11.2. The Morgan fingerprint density at radius 1 is 1.53 bits per heavy atom. The highest BCUT2D eigenvalue weighted by Gasteiger charge is 2.28. The van der Waals surface area contributed by atoms with Crippen molar-refractivity contribution < 1.29 is 9.26 Å². The van der Waals surface area contributed by atoms with Crippen molar-refractivity contribution in [2.45, 2.75) is 38.8 Å². The number of nitrogens with two attached hydrogens (primary N) is 1. The van der Waals surface area contributed by atoms with Gasteiger partial charge in [-0.1, -0.05) is 5.16 Å². The predicted octanol–water partition coefficient (Wildman–Crippen LogP) is 1.31. The molecule has 19 heavy (non-hydrogen) atoms. The number of nitrogens with one attached hydrogen (secondary N) is 1. The zero-order chi connectivity index (χ0) is 13.9. The number of hydrogen-bond donors (Lipinski definition) is 2. The fourth-order valence-corrected chi connectivity index (χ4v) is 1.78. The van der Waals surface area contributed by atoms with Crippen LogP contribution < -0.4 is 5.73 Å². The number of hydrogen-bond acceptors (Lipinski definition) is 6. The van der Waals surface area contributed by atoms with Crippen LogP contribution in [0.4, 0.5) is 0 Å². The number of rotatable bonds is 6. The summed E-state index contributed by atoms with van der Waals surface area (Å²) in [6.07, 6.45) is 3.90. The summed E-state index contributed by atoms with van der Waals surface area (Å²) in [5.41, 5.74) is 6.38. The molecule has 7 nitrogen and oxygen atoms in total. The lowest BCUT2D eigenvalue weighted by molar-refractivity contribution is -0.0221. The number of ether oxygens (including phenoxy) is 1. The molecule has 2 heterocycles. The maximum Gasteiger partial charge on any atom is 0.244 e. The number of aromatic amines is 1. The van der Waals surface area contributed by atoms with Crippen LogP contribution in [0.15, 0.2) is 17.0 Å². The summed E-state index contributed by atoms with van der Waals surface area (Å²) in [6, 6.07) is -0.362. The van der Waals surface area contributed by atoms with Gasteiger partial charge >= 0.3 is 0 Å². The van der Waals surface area contributed by atoms with Crippen molar-refractivity contribution in [1.82, 2.24) is 20.1 Å². The van der Waals surface area contributed by atoms with E-state index in [1.807, 2.05) is 20.8 Å². The zero-order valence-electron chi connectivity index (χ0n) is 11.4. The van der Waals surface area contributed by atoms with Crippen LogP contribution in [0.3, 0.4) is 0 Å². The van der Waals surface area contributed by atoms with Gasteiger partial charge in [0.25, 0.3) is 0 Å². The van der Waals surface area contributed by atoms with Gasteiger partial charge in [0.2, 0.25) is 11.7 Å². The second kappa shape index (κ2) is 5.50. The minimum Gasteiger partial charge on any atom is -0.368 e. The van der Waals surface area contributed by atoms with E-state index in [-0.39, 0.29) is 6.04 Å². The van der Waals surface area contributed by atoms with Gasteiger partial charge in [-0.25, -0.2) is 4.98 Å². The van der Waals surface area contributed by atoms with E-state index >= 15 is 0 Å². The summed E-state index contributed by atoms with van der Waals surface area (Å²) in [5, 5.41) is 3.94. The van der Waals surface area contributed by atoms with Gasteiger partial charge in [0, 0.05) is 24.9 Å². The van der Waals surface area contributed by atoms with Crippen LogP contribution in [0.5, 0.6) is 0 Å². The lowest BCUT2D eigenvalue weighted by Gasteiger charge is -2.19. The molecule has 2 rings (SSSR count). The van der Waals surface area contributed by atoms with Crippen molar-refractivity contribution in [3.8, 4) is 0 Å². The third-order valence-electron chi connectivity index (χ3n) is 2.80. The molecule has 0 fully saturated rings. The van der Waals surface area contributed by atoms with Gasteiger partial charge in [0.15, 0.2) is 0 Å². The molecule has 1 unspecified atom stereocenters. The molecule has 2 aromatic rings. The molecule has 0 aliphatic rings. The molecule has 7 heteroatoms. The maximum atomic E-state index is 6.03. The number of aromatic nitrogens is 4. The SMILES string of the molecule is CCOC(C)(C)c1noc(C(N)Cc2cnc[nH]2)n1. The quantitative estimate of drug-likeness (QED) is 0.816. The Morgan fingerprint density at radius 3 is 2.95 bits per heavy atom. The van der Waals surface area contributed by atoms with Crippen LogP contribution in [0, 0.1) is 0 Å². The van der Waals surface area contributed by atoms with Crippen LogP contribution in [0.1, 0.15) is 44.2 Å². The molecule has 0 aliphatic carbocycles. The molecule has 104 valence electrons. The Kier molecular flexibility index (Phi) is 3.96. The number of imidazole rings is 1. The molecule has 0 bridgehead atoms. The van der Waals surface area contributed by atoms with E-state index < -0.39 is 5.60 Å². The standard InChI is InChI=1S/C12H19N5O2/c1-4-18-12(2,3)11-16-10(19-17-11)9(13)5-8-6-14-7-15-8/h6-7,9H,4-5,13H2,1-3H3,(H,14,15). The van der Waals surface area contributed by atoms with E-state index in [0.29, 0.717) is 24.7 Å². The Bertz CT molecular complexity index is 506. The van der Waals surface area contributed by atoms with Crippen molar-refractivity contribution >= 4 is 0 Å². The molecule has 0 amide bonds. The van der Waals surface area contributed by atoms with Crippen LogP contribution >= 0.6 is 0 Å². The molecule has 0 saturated carbocycles. The third-order valence-corrected chi connectivity index (χ3v) is 2.80. The largest absolute Gasteiger partial charge is 0.368 e. The molecule has 0 aromatic carbocycles. The predicted molar refractivity (Wildman–Crippen MR) is 68.2 cm³/mol. The lowest BCUT2D eigenvalue weighted by Crippen LogP contribution is -2.23. The first-order valence-corrected chi connectivity index (χ1v) is 6.23. The highest BCUT2D eigenvalue weighted by molar-refractivity contribution is 5.04. The fourth-order valence-electron chi connectivity index (χ4n) is 1.78. The van der Waals surface area contributed by atoms with Crippen LogP contribution in [0.25, 0.3) is 0 Å². The third kappa shape index (κ3) is 3.18. The maximum absolute atomic E-state index is 6.03. The van der Waals surface area contributed by atoms with E-state index in [0.717, 1.165) is 5.69 Å². The Labute approximate surface area is 111 Å². The van der Waals surface area contributed by atoms with Crippen LogP contribution in [-0.4, -0.2) is 26.7 Å². The smallest absolute Gasteiger partial charge is 0.244 e. The average molecular weight is 265 g/mol. The molecule has 0 saturated heterocycles. The Morgan fingerprint density at radius 2 is 2.32 bits per heavy atom. The van der Waals surface area contributed by atoms with Crippen LogP contribution in [0.2, 0.25) is 0 Å². The topological polar surface area (TPSA) is 103 Å². The van der Waals surface area contributed by atoms with Gasteiger partial charge in [0.1, 0.15) is 5.60 Å². The van der Waals surface area contributed by atoms with E-state index in [4.69, 9.17) is 15.0 Å². The van der Waals surface area contributed by atoms with Crippen molar-refractivity contribution in [3.05, 3.63) is 29.9 Å². The highest BCUT2D eigenvalue weighted by Crippen LogP contribution is 2.23. The number of nitrogens with zero attached hydrogens (tertiary/aromatic N) is 3. The van der Waals surface area contributed by atoms with E-state index in [2.05, 4.69) is 20.1 Å². The van der Waals surface area contributed by atoms with Gasteiger partial charge in [-0.2, -0.15) is 4.98 Å². The van der Waals surface area contributed by atoms with Gasteiger partial charge < -0.3 is 20.0 Å². The monoisotopic (exact) mass is 265 g/mol. The fraction of sp³-hybridized carbons (Fsp3) is 0.583. The molecular weight excluding hydrogens is 246 g/mol. The Balaban J connectivity index is 2.08. The summed E-state index contributed by atoms with van der Waals surface area (Å²) in [7, 11) is 0. The Hall–Kier alpha value is -1.73. The summed E-state index contributed by atoms with van der Waals surface area (Å²) in [6.45, 7) is 6.29. The first kappa shape index (κ1) is 13.7. The van der Waals surface area contributed by atoms with Gasteiger partial charge in [0.05, 0.1) is 12.4 Å². The zero-order valence-corrected chi connectivity index (χ0v) is 11.4. The van der Waals surface area contributed by atoms with Gasteiger partial charge in [-0.15, -0.1) is 0 Å². The molecular formula is C12H19N5O2. The summed E-state index contributed by atoms with van der Waals surface area (Å²) < 4.78 is 10.8. The molecule has 1 atom stereocenters. The molecule has 2 aromatic heterocycles. The molecule has 0 aliphatic heterocycles. The first-order chi connectivity index (χ1) is 9.03. The van der Waals surface area contributed by atoms with Crippen molar-refractivity contribution in [3.63, 3.8) is 0 Å². The van der Waals surface area contributed by atoms with Crippen molar-refractivity contribution in [1.29, 1.82) is 0 Å². The van der Waals surface area contributed by atoms with Crippen LogP contribution in [-0.2, 0) is 16.8 Å². The average Bonchev–Trinajstić information content (AvgIpc) is 2.99. The minimum absolute atomic E-state index is 0.362. The van der Waals surface area contributed by atoms with E-state index in [9.17, 15) is 0 Å². The van der Waals surface area contributed by atoms with E-state index in [1.165, 1.54) is 0 Å². The number of H-pyrrole nitrogens is 1. The summed E-state index contributed by atoms with van der Waals surface area (Å²) >= 11 is 0. The second-order valence-electron chi connectivity index (χ2n) is 4.79. The lowest BCUT2D eigenvalue weighted by atomic mass is 10.1. The minimum atomic E-state index is -0.579. The van der Waals surface area contributed by atoms with E-state index in [1.54, 1.807) is 12.5 Å². The highest BCUT2D eigenvalue weighted by atomic mass is 16.5.